The minimum atomic E-state index is -0.870. The number of carbonyl (C=O) groups excluding carboxylic acids is 1. The van der Waals surface area contributed by atoms with Crippen molar-refractivity contribution in [3.8, 4) is 0 Å². The first kappa shape index (κ1) is 16.6. The van der Waals surface area contributed by atoms with E-state index in [0.29, 0.717) is 23.7 Å². The minimum absolute atomic E-state index is 0.00316. The van der Waals surface area contributed by atoms with Crippen LogP contribution in [0, 0.1) is 12.8 Å². The maximum absolute atomic E-state index is 12.8. The Kier molecular flexibility index (Phi) is 4.61. The van der Waals surface area contributed by atoms with Gasteiger partial charge in [0.05, 0.1) is 29.0 Å². The van der Waals surface area contributed by atoms with Crippen LogP contribution in [0.4, 0.5) is 0 Å². The largest absolute Gasteiger partial charge is 0.481 e. The summed E-state index contributed by atoms with van der Waals surface area (Å²) in [6.07, 6.45) is 2.39. The van der Waals surface area contributed by atoms with Crippen LogP contribution in [0.2, 0.25) is 0 Å². The molecule has 0 unspecified atom stereocenters. The van der Waals surface area contributed by atoms with Gasteiger partial charge in [0.2, 0.25) is 0 Å². The standard InChI is InChI=1S/C15H19N5O3S/c1-3-12-17-8(2)14(24-12)15(23)20-6-9(4-13(21)22)10(7-20)11-5-16-19-18-11/h5,9-10H,3-4,6-7H2,1-2H3,(H,21,22)(H,16,18,19)/t9-,10+/m1/s1. The molecule has 0 aliphatic carbocycles. The number of rotatable bonds is 5. The van der Waals surface area contributed by atoms with Crippen molar-refractivity contribution in [1.82, 2.24) is 25.3 Å². The molecule has 2 aromatic rings. The van der Waals surface area contributed by atoms with Crippen molar-refractivity contribution in [2.45, 2.75) is 32.6 Å². The van der Waals surface area contributed by atoms with Gasteiger partial charge in [-0.15, -0.1) is 11.3 Å². The van der Waals surface area contributed by atoms with Crippen molar-refractivity contribution in [3.05, 3.63) is 27.5 Å². The molecule has 3 heterocycles. The summed E-state index contributed by atoms with van der Waals surface area (Å²) in [5.74, 6) is -1.24. The third-order valence-electron chi connectivity index (χ3n) is 4.32. The van der Waals surface area contributed by atoms with Gasteiger partial charge in [0.15, 0.2) is 0 Å². The van der Waals surface area contributed by atoms with Crippen LogP contribution in [0.3, 0.4) is 0 Å². The summed E-state index contributed by atoms with van der Waals surface area (Å²) in [4.78, 5) is 30.8. The van der Waals surface area contributed by atoms with Gasteiger partial charge in [-0.05, 0) is 19.3 Å². The van der Waals surface area contributed by atoms with E-state index in [2.05, 4.69) is 20.4 Å². The van der Waals surface area contributed by atoms with Crippen molar-refractivity contribution < 1.29 is 14.7 Å². The molecular weight excluding hydrogens is 330 g/mol. The van der Waals surface area contributed by atoms with Crippen LogP contribution in [0.15, 0.2) is 6.20 Å². The first-order valence-corrected chi connectivity index (χ1v) is 8.64. The number of likely N-dealkylation sites (tertiary alicyclic amines) is 1. The van der Waals surface area contributed by atoms with Crippen molar-refractivity contribution >= 4 is 23.2 Å². The number of aromatic nitrogens is 4. The summed E-state index contributed by atoms with van der Waals surface area (Å²) in [6.45, 7) is 4.69. The molecule has 1 saturated heterocycles. The fourth-order valence-electron chi connectivity index (χ4n) is 3.14. The van der Waals surface area contributed by atoms with E-state index >= 15 is 0 Å². The van der Waals surface area contributed by atoms with Gasteiger partial charge in [-0.2, -0.15) is 15.4 Å². The highest BCUT2D eigenvalue weighted by molar-refractivity contribution is 7.13. The quantitative estimate of drug-likeness (QED) is 0.845. The SMILES string of the molecule is CCc1nc(C)c(C(=O)N2C[C@@H](CC(=O)O)[C@@H](c3cn[nH]n3)C2)s1. The third kappa shape index (κ3) is 3.16. The van der Waals surface area contributed by atoms with E-state index in [-0.39, 0.29) is 24.2 Å². The Bertz CT molecular complexity index is 742. The van der Waals surface area contributed by atoms with Crippen molar-refractivity contribution in [3.63, 3.8) is 0 Å². The Morgan fingerprint density at radius 2 is 2.25 bits per heavy atom. The molecule has 2 aromatic heterocycles. The van der Waals surface area contributed by atoms with Gasteiger partial charge in [0, 0.05) is 19.0 Å². The number of aromatic amines is 1. The van der Waals surface area contributed by atoms with Gasteiger partial charge >= 0.3 is 5.97 Å². The van der Waals surface area contributed by atoms with Gasteiger partial charge in [0.1, 0.15) is 4.88 Å². The topological polar surface area (TPSA) is 112 Å². The number of thiazole rings is 1. The van der Waals surface area contributed by atoms with Crippen LogP contribution < -0.4 is 0 Å². The molecule has 1 amide bonds. The van der Waals surface area contributed by atoms with E-state index in [1.807, 2.05) is 13.8 Å². The molecule has 0 saturated carbocycles. The highest BCUT2D eigenvalue weighted by atomic mass is 32.1. The molecule has 2 atom stereocenters. The Labute approximate surface area is 142 Å². The number of aliphatic carboxylic acids is 1. The average molecular weight is 349 g/mol. The molecule has 8 nitrogen and oxygen atoms in total. The fourth-order valence-corrected chi connectivity index (χ4v) is 4.11. The predicted molar refractivity (Wildman–Crippen MR) is 87.0 cm³/mol. The molecular formula is C15H19N5O3S. The zero-order valence-electron chi connectivity index (χ0n) is 13.5. The van der Waals surface area contributed by atoms with Crippen LogP contribution in [0.1, 0.15) is 45.3 Å². The molecule has 2 N–H and O–H groups in total. The number of carbonyl (C=O) groups is 2. The van der Waals surface area contributed by atoms with Crippen LogP contribution in [-0.2, 0) is 11.2 Å². The summed E-state index contributed by atoms with van der Waals surface area (Å²) < 4.78 is 0. The van der Waals surface area contributed by atoms with E-state index < -0.39 is 5.97 Å². The van der Waals surface area contributed by atoms with Gasteiger partial charge in [-0.25, -0.2) is 4.98 Å². The number of amides is 1. The molecule has 9 heteroatoms. The Morgan fingerprint density at radius 1 is 1.46 bits per heavy atom. The smallest absolute Gasteiger partial charge is 0.303 e. The van der Waals surface area contributed by atoms with Crippen LogP contribution in [-0.4, -0.2) is 55.4 Å². The maximum Gasteiger partial charge on any atom is 0.303 e. The number of nitrogens with zero attached hydrogens (tertiary/aromatic N) is 4. The molecule has 24 heavy (non-hydrogen) atoms. The lowest BCUT2D eigenvalue weighted by atomic mass is 9.91. The zero-order valence-corrected chi connectivity index (χ0v) is 14.3. The van der Waals surface area contributed by atoms with E-state index in [0.717, 1.165) is 17.1 Å². The second-order valence-electron chi connectivity index (χ2n) is 5.95. The van der Waals surface area contributed by atoms with E-state index in [1.165, 1.54) is 11.3 Å². The number of aryl methyl sites for hydroxylation is 2. The van der Waals surface area contributed by atoms with Crippen LogP contribution in [0.25, 0.3) is 0 Å². The number of carboxylic acids is 1. The molecule has 3 rings (SSSR count). The summed E-state index contributed by atoms with van der Waals surface area (Å²) in [6, 6.07) is 0. The Hall–Kier alpha value is -2.29. The molecule has 128 valence electrons. The fraction of sp³-hybridized carbons (Fsp3) is 0.533. The lowest BCUT2D eigenvalue weighted by molar-refractivity contribution is -0.138. The first-order valence-electron chi connectivity index (χ1n) is 7.82. The lowest BCUT2D eigenvalue weighted by Gasteiger charge is -2.15. The van der Waals surface area contributed by atoms with Gasteiger partial charge in [-0.3, -0.25) is 9.59 Å². The number of carboxylic acid groups (broad SMARTS) is 1. The van der Waals surface area contributed by atoms with Gasteiger partial charge in [-0.1, -0.05) is 6.92 Å². The summed E-state index contributed by atoms with van der Waals surface area (Å²) in [7, 11) is 0. The third-order valence-corrected chi connectivity index (χ3v) is 5.61. The zero-order chi connectivity index (χ0) is 17.3. The second-order valence-corrected chi connectivity index (χ2v) is 7.03. The number of hydrogen-bond donors (Lipinski definition) is 2. The average Bonchev–Trinajstić information content (AvgIpc) is 3.24. The maximum atomic E-state index is 12.8. The van der Waals surface area contributed by atoms with E-state index in [9.17, 15) is 9.59 Å². The monoisotopic (exact) mass is 349 g/mol. The van der Waals surface area contributed by atoms with E-state index in [4.69, 9.17) is 5.11 Å². The first-order chi connectivity index (χ1) is 11.5. The van der Waals surface area contributed by atoms with Crippen LogP contribution in [0.5, 0.6) is 0 Å². The molecule has 0 radical (unpaired) electrons. The summed E-state index contributed by atoms with van der Waals surface area (Å²) >= 11 is 1.42. The van der Waals surface area contributed by atoms with E-state index in [1.54, 1.807) is 11.1 Å². The molecule has 1 aliphatic rings. The number of nitrogens with one attached hydrogen (secondary N) is 1. The minimum Gasteiger partial charge on any atom is -0.481 e. The Balaban J connectivity index is 1.82. The van der Waals surface area contributed by atoms with Gasteiger partial charge < -0.3 is 10.0 Å². The number of H-pyrrole nitrogens is 1. The molecule has 1 aliphatic heterocycles. The number of hydrogen-bond acceptors (Lipinski definition) is 6. The van der Waals surface area contributed by atoms with Crippen molar-refractivity contribution in [2.75, 3.05) is 13.1 Å². The van der Waals surface area contributed by atoms with Crippen LogP contribution >= 0.6 is 11.3 Å². The molecule has 0 aromatic carbocycles. The summed E-state index contributed by atoms with van der Waals surface area (Å²) in [5.41, 5.74) is 1.44. The molecule has 0 bridgehead atoms. The highest BCUT2D eigenvalue weighted by Gasteiger charge is 2.39. The highest BCUT2D eigenvalue weighted by Crippen LogP contribution is 2.35. The normalized spacial score (nSPS) is 20.5. The second kappa shape index (κ2) is 6.68. The predicted octanol–water partition coefficient (Wildman–Crippen LogP) is 1.46. The summed E-state index contributed by atoms with van der Waals surface area (Å²) in [5, 5.41) is 20.5. The molecule has 1 fully saturated rings. The van der Waals surface area contributed by atoms with Crippen molar-refractivity contribution in [1.29, 1.82) is 0 Å². The molecule has 0 spiro atoms. The van der Waals surface area contributed by atoms with Gasteiger partial charge in [0.25, 0.3) is 5.91 Å². The van der Waals surface area contributed by atoms with Crippen molar-refractivity contribution in [2.24, 2.45) is 5.92 Å². The Morgan fingerprint density at radius 3 is 2.83 bits per heavy atom. The lowest BCUT2D eigenvalue weighted by Crippen LogP contribution is -2.29.